The SMILES string of the molecule is Cc1ccc(C(=O)Cc2nccn2C)cc1Cl. The summed E-state index contributed by atoms with van der Waals surface area (Å²) in [5.74, 6) is 0.785. The fourth-order valence-corrected chi connectivity index (χ4v) is 1.76. The molecule has 0 spiro atoms. The smallest absolute Gasteiger partial charge is 0.170 e. The number of carbonyl (C=O) groups excluding carboxylic acids is 1. The first-order valence-electron chi connectivity index (χ1n) is 5.33. The Kier molecular flexibility index (Phi) is 3.29. The summed E-state index contributed by atoms with van der Waals surface area (Å²) in [5, 5.41) is 0.621. The standard InChI is InChI=1S/C13H13ClN2O/c1-9-3-4-10(7-11(9)14)12(17)8-13-15-5-6-16(13)2/h3-7H,8H2,1-2H3. The van der Waals surface area contributed by atoms with Crippen molar-refractivity contribution in [1.82, 2.24) is 9.55 Å². The van der Waals surface area contributed by atoms with Crippen molar-refractivity contribution < 1.29 is 4.79 Å². The van der Waals surface area contributed by atoms with E-state index in [9.17, 15) is 4.79 Å². The molecule has 0 saturated heterocycles. The Hall–Kier alpha value is -1.61. The van der Waals surface area contributed by atoms with Crippen LogP contribution in [-0.2, 0) is 13.5 Å². The highest BCUT2D eigenvalue weighted by atomic mass is 35.5. The van der Waals surface area contributed by atoms with E-state index < -0.39 is 0 Å². The molecule has 0 aliphatic rings. The van der Waals surface area contributed by atoms with Gasteiger partial charge in [-0.3, -0.25) is 4.79 Å². The minimum atomic E-state index is 0.0289. The fraction of sp³-hybridized carbons (Fsp3) is 0.231. The third-order valence-electron chi connectivity index (χ3n) is 2.73. The predicted molar refractivity (Wildman–Crippen MR) is 67.4 cm³/mol. The van der Waals surface area contributed by atoms with Crippen LogP contribution in [0.15, 0.2) is 30.6 Å². The molecule has 1 heterocycles. The molecule has 0 aliphatic heterocycles. The number of Topliss-reactive ketones (excluding diaryl/α,β-unsaturated/α-hetero) is 1. The van der Waals surface area contributed by atoms with Crippen LogP contribution in [-0.4, -0.2) is 15.3 Å². The zero-order chi connectivity index (χ0) is 12.4. The van der Waals surface area contributed by atoms with Crippen LogP contribution in [0.4, 0.5) is 0 Å². The summed E-state index contributed by atoms with van der Waals surface area (Å²) >= 11 is 6.00. The van der Waals surface area contributed by atoms with Gasteiger partial charge >= 0.3 is 0 Å². The first kappa shape index (κ1) is 11.9. The topological polar surface area (TPSA) is 34.9 Å². The summed E-state index contributed by atoms with van der Waals surface area (Å²) in [6, 6.07) is 5.36. The molecule has 0 bridgehead atoms. The van der Waals surface area contributed by atoms with Crippen molar-refractivity contribution in [3.63, 3.8) is 0 Å². The molecule has 0 amide bonds. The number of aryl methyl sites for hydroxylation is 2. The van der Waals surface area contributed by atoms with E-state index in [2.05, 4.69) is 4.98 Å². The molecule has 0 unspecified atom stereocenters. The Morgan fingerprint density at radius 1 is 1.47 bits per heavy atom. The van der Waals surface area contributed by atoms with Crippen LogP contribution in [0, 0.1) is 6.92 Å². The molecule has 0 aliphatic carbocycles. The summed E-state index contributed by atoms with van der Waals surface area (Å²) in [5.41, 5.74) is 1.60. The maximum Gasteiger partial charge on any atom is 0.170 e. The number of aromatic nitrogens is 2. The highest BCUT2D eigenvalue weighted by Crippen LogP contribution is 2.17. The Labute approximate surface area is 105 Å². The minimum Gasteiger partial charge on any atom is -0.338 e. The Morgan fingerprint density at radius 3 is 2.82 bits per heavy atom. The Balaban J connectivity index is 2.20. The third-order valence-corrected chi connectivity index (χ3v) is 3.14. The number of nitrogens with zero attached hydrogens (tertiary/aromatic N) is 2. The molecule has 1 aromatic heterocycles. The minimum absolute atomic E-state index is 0.0289. The van der Waals surface area contributed by atoms with Gasteiger partial charge in [-0.1, -0.05) is 23.7 Å². The molecule has 3 nitrogen and oxygen atoms in total. The average molecular weight is 249 g/mol. The molecule has 4 heteroatoms. The van der Waals surface area contributed by atoms with Crippen LogP contribution < -0.4 is 0 Å². The van der Waals surface area contributed by atoms with Gasteiger partial charge in [-0.2, -0.15) is 0 Å². The molecule has 2 aromatic rings. The molecule has 0 atom stereocenters. The molecule has 2 rings (SSSR count). The molecular weight excluding hydrogens is 236 g/mol. The summed E-state index contributed by atoms with van der Waals surface area (Å²) in [6.07, 6.45) is 3.80. The molecule has 1 aromatic carbocycles. The first-order valence-corrected chi connectivity index (χ1v) is 5.71. The van der Waals surface area contributed by atoms with E-state index >= 15 is 0 Å². The zero-order valence-corrected chi connectivity index (χ0v) is 10.5. The lowest BCUT2D eigenvalue weighted by Gasteiger charge is -2.04. The fourth-order valence-electron chi connectivity index (χ4n) is 1.58. The molecule has 0 saturated carbocycles. The number of ketones is 1. The molecular formula is C13H13ClN2O. The van der Waals surface area contributed by atoms with Gasteiger partial charge in [-0.05, 0) is 18.6 Å². The monoisotopic (exact) mass is 248 g/mol. The van der Waals surface area contributed by atoms with Crippen molar-refractivity contribution in [2.75, 3.05) is 0 Å². The lowest BCUT2D eigenvalue weighted by molar-refractivity contribution is 0.0990. The van der Waals surface area contributed by atoms with Crippen molar-refractivity contribution >= 4 is 17.4 Å². The summed E-state index contributed by atoms with van der Waals surface area (Å²) < 4.78 is 1.84. The number of benzene rings is 1. The number of hydrogen-bond acceptors (Lipinski definition) is 2. The third kappa shape index (κ3) is 2.56. The highest BCUT2D eigenvalue weighted by Gasteiger charge is 2.11. The second-order valence-electron chi connectivity index (χ2n) is 4.02. The van der Waals surface area contributed by atoms with Crippen LogP contribution in [0.5, 0.6) is 0 Å². The van der Waals surface area contributed by atoms with Crippen molar-refractivity contribution in [3.8, 4) is 0 Å². The molecule has 0 radical (unpaired) electrons. The lowest BCUT2D eigenvalue weighted by Crippen LogP contribution is -2.08. The maximum absolute atomic E-state index is 12.0. The van der Waals surface area contributed by atoms with E-state index in [1.54, 1.807) is 18.3 Å². The van der Waals surface area contributed by atoms with E-state index in [-0.39, 0.29) is 5.78 Å². The van der Waals surface area contributed by atoms with Crippen LogP contribution in [0.1, 0.15) is 21.7 Å². The number of imidazole rings is 1. The normalized spacial score (nSPS) is 10.5. The quantitative estimate of drug-likeness (QED) is 0.783. The van der Waals surface area contributed by atoms with Crippen LogP contribution in [0.25, 0.3) is 0 Å². The van der Waals surface area contributed by atoms with Crippen molar-refractivity contribution in [2.45, 2.75) is 13.3 Å². The van der Waals surface area contributed by atoms with Crippen molar-refractivity contribution in [1.29, 1.82) is 0 Å². The Morgan fingerprint density at radius 2 is 2.24 bits per heavy atom. The lowest BCUT2D eigenvalue weighted by atomic mass is 10.1. The second-order valence-corrected chi connectivity index (χ2v) is 4.43. The second kappa shape index (κ2) is 4.72. The van der Waals surface area contributed by atoms with Crippen LogP contribution >= 0.6 is 11.6 Å². The molecule has 17 heavy (non-hydrogen) atoms. The van der Waals surface area contributed by atoms with E-state index in [1.807, 2.05) is 30.8 Å². The van der Waals surface area contributed by atoms with E-state index in [1.165, 1.54) is 0 Å². The highest BCUT2D eigenvalue weighted by molar-refractivity contribution is 6.31. The van der Waals surface area contributed by atoms with Gasteiger partial charge < -0.3 is 4.57 Å². The summed E-state index contributed by atoms with van der Waals surface area (Å²) in [6.45, 7) is 1.91. The maximum atomic E-state index is 12.0. The largest absolute Gasteiger partial charge is 0.338 e. The number of rotatable bonds is 3. The van der Waals surface area contributed by atoms with Gasteiger partial charge in [0.05, 0.1) is 6.42 Å². The number of carbonyl (C=O) groups is 1. The predicted octanol–water partition coefficient (Wildman–Crippen LogP) is 2.81. The van der Waals surface area contributed by atoms with Gasteiger partial charge in [0.1, 0.15) is 5.82 Å². The number of halogens is 1. The average Bonchev–Trinajstić information content (AvgIpc) is 2.68. The number of hydrogen-bond donors (Lipinski definition) is 0. The van der Waals surface area contributed by atoms with Gasteiger partial charge in [0, 0.05) is 30.0 Å². The molecule has 0 N–H and O–H groups in total. The van der Waals surface area contributed by atoms with Gasteiger partial charge in [0.2, 0.25) is 0 Å². The van der Waals surface area contributed by atoms with Gasteiger partial charge in [0.25, 0.3) is 0 Å². The van der Waals surface area contributed by atoms with Crippen molar-refractivity contribution in [3.05, 3.63) is 52.6 Å². The molecule has 88 valence electrons. The van der Waals surface area contributed by atoms with Crippen LogP contribution in [0.2, 0.25) is 5.02 Å². The van der Waals surface area contributed by atoms with Crippen LogP contribution in [0.3, 0.4) is 0 Å². The summed E-state index contributed by atoms with van der Waals surface area (Å²) in [4.78, 5) is 16.1. The van der Waals surface area contributed by atoms with E-state index in [0.717, 1.165) is 11.4 Å². The van der Waals surface area contributed by atoms with E-state index in [4.69, 9.17) is 11.6 Å². The first-order chi connectivity index (χ1) is 8.08. The van der Waals surface area contributed by atoms with Crippen molar-refractivity contribution in [2.24, 2.45) is 7.05 Å². The van der Waals surface area contributed by atoms with E-state index in [0.29, 0.717) is 17.0 Å². The Bertz CT molecular complexity index is 560. The molecule has 0 fully saturated rings. The van der Waals surface area contributed by atoms with Gasteiger partial charge in [-0.15, -0.1) is 0 Å². The zero-order valence-electron chi connectivity index (χ0n) is 9.77. The van der Waals surface area contributed by atoms with Gasteiger partial charge in [-0.25, -0.2) is 4.98 Å². The van der Waals surface area contributed by atoms with Gasteiger partial charge in [0.15, 0.2) is 5.78 Å². The summed E-state index contributed by atoms with van der Waals surface area (Å²) in [7, 11) is 1.87.